The number of nitrogens with zero attached hydrogens (tertiary/aromatic N) is 1. The quantitative estimate of drug-likeness (QED) is 0.197. The molecule has 0 aliphatic carbocycles. The van der Waals surface area contributed by atoms with Crippen LogP contribution < -0.4 is 5.32 Å². The Balaban J connectivity index is 1.61. The number of nitriles is 1. The maximum atomic E-state index is 13.0. The zero-order valence-corrected chi connectivity index (χ0v) is 20.9. The molecule has 7 heteroatoms. The number of hydrogen-bond donors (Lipinski definition) is 1. The van der Waals surface area contributed by atoms with Crippen LogP contribution in [0.1, 0.15) is 5.56 Å². The van der Waals surface area contributed by atoms with Gasteiger partial charge in [0.15, 0.2) is 0 Å². The number of thioether (sulfide) groups is 2. The van der Waals surface area contributed by atoms with Crippen molar-refractivity contribution in [3.8, 4) is 6.07 Å². The maximum absolute atomic E-state index is 13.0. The third-order valence-electron chi connectivity index (χ3n) is 4.86. The van der Waals surface area contributed by atoms with Gasteiger partial charge in [0.1, 0.15) is 11.8 Å². The minimum Gasteiger partial charge on any atom is -0.316 e. The van der Waals surface area contributed by atoms with Gasteiger partial charge in [0.05, 0.1) is 10.7 Å². The van der Waals surface area contributed by atoms with E-state index >= 15 is 0 Å². The third-order valence-corrected chi connectivity index (χ3v) is 7.66. The Labute approximate surface area is 216 Å². The van der Waals surface area contributed by atoms with Crippen molar-refractivity contribution in [3.63, 3.8) is 0 Å². The molecule has 0 spiro atoms. The summed E-state index contributed by atoms with van der Waals surface area (Å²) < 4.78 is 0.651. The van der Waals surface area contributed by atoms with E-state index in [2.05, 4.69) is 11.4 Å². The van der Waals surface area contributed by atoms with Crippen molar-refractivity contribution in [2.75, 3.05) is 0 Å². The molecule has 0 fully saturated rings. The summed E-state index contributed by atoms with van der Waals surface area (Å²) in [5.41, 5.74) is 1.11. The highest BCUT2D eigenvalue weighted by Gasteiger charge is 2.15. The highest BCUT2D eigenvalue weighted by Crippen LogP contribution is 2.41. The number of hydrogen-bond acceptors (Lipinski definition) is 4. The van der Waals surface area contributed by atoms with E-state index in [1.54, 1.807) is 24.3 Å². The molecular formula is C27H18Cl2N2OS2. The Morgan fingerprint density at radius 2 is 1.35 bits per heavy atom. The van der Waals surface area contributed by atoms with E-state index in [9.17, 15) is 10.1 Å². The summed E-state index contributed by atoms with van der Waals surface area (Å²) in [6.45, 7) is 0. The second-order valence-corrected chi connectivity index (χ2v) is 10.5. The first-order valence-electron chi connectivity index (χ1n) is 10.3. The van der Waals surface area contributed by atoms with Crippen molar-refractivity contribution in [3.05, 3.63) is 117 Å². The monoisotopic (exact) mass is 520 g/mol. The third kappa shape index (κ3) is 6.37. The van der Waals surface area contributed by atoms with Crippen molar-refractivity contribution in [2.24, 2.45) is 0 Å². The van der Waals surface area contributed by atoms with E-state index in [1.807, 2.05) is 66.7 Å². The topological polar surface area (TPSA) is 52.9 Å². The molecule has 4 aromatic rings. The fourth-order valence-electron chi connectivity index (χ4n) is 3.27. The molecular weight excluding hydrogens is 503 g/mol. The van der Waals surface area contributed by atoms with Crippen molar-refractivity contribution in [2.45, 2.75) is 16.2 Å². The lowest BCUT2D eigenvalue weighted by atomic mass is 10.0. The zero-order valence-electron chi connectivity index (χ0n) is 17.8. The molecule has 1 N–H and O–H groups in total. The van der Waals surface area contributed by atoms with Crippen molar-refractivity contribution < 1.29 is 4.79 Å². The lowest BCUT2D eigenvalue weighted by Crippen LogP contribution is -2.24. The van der Waals surface area contributed by atoms with Gasteiger partial charge >= 0.3 is 0 Å². The summed E-state index contributed by atoms with van der Waals surface area (Å²) in [6, 6.07) is 30.7. The maximum Gasteiger partial charge on any atom is 0.229 e. The van der Waals surface area contributed by atoms with Crippen LogP contribution in [-0.2, 0) is 11.2 Å². The van der Waals surface area contributed by atoms with Crippen LogP contribution in [0.5, 0.6) is 0 Å². The van der Waals surface area contributed by atoms with E-state index in [1.165, 1.54) is 23.5 Å². The standard InChI is InChI=1S/C27H18Cl2N2OS2/c28-20-8-12-22(13-9-20)33-27(34-23-14-10-21(29)11-15-23)25(17-30)31-26(32)16-19-6-3-5-18-4-1-2-7-24(18)19/h1-15H,16H2,(H,31,32). The number of allylic oxidation sites excluding steroid dienone is 1. The Morgan fingerprint density at radius 3 is 1.94 bits per heavy atom. The van der Waals surface area contributed by atoms with Crippen molar-refractivity contribution in [1.82, 2.24) is 5.32 Å². The van der Waals surface area contributed by atoms with Gasteiger partial charge < -0.3 is 5.32 Å². The average Bonchev–Trinajstić information content (AvgIpc) is 2.85. The number of carbonyl (C=O) groups is 1. The van der Waals surface area contributed by atoms with E-state index in [0.717, 1.165) is 26.1 Å². The van der Waals surface area contributed by atoms with Gasteiger partial charge in [-0.25, -0.2) is 0 Å². The molecule has 0 radical (unpaired) electrons. The van der Waals surface area contributed by atoms with E-state index in [4.69, 9.17) is 23.2 Å². The Hall–Kier alpha value is -2.88. The number of carbonyl (C=O) groups excluding carboxylic acids is 1. The second-order valence-electron chi connectivity index (χ2n) is 7.25. The predicted octanol–water partition coefficient (Wildman–Crippen LogP) is 8.08. The molecule has 0 aromatic heterocycles. The molecule has 0 aliphatic rings. The molecule has 3 nitrogen and oxygen atoms in total. The minimum absolute atomic E-state index is 0.164. The SMILES string of the molecule is N#CC(NC(=O)Cc1cccc2ccccc12)=C(Sc1ccc(Cl)cc1)Sc1ccc(Cl)cc1. The molecule has 0 saturated carbocycles. The van der Waals surface area contributed by atoms with Crippen LogP contribution in [0.4, 0.5) is 0 Å². The first-order valence-corrected chi connectivity index (χ1v) is 12.7. The number of halogens is 2. The first-order chi connectivity index (χ1) is 16.5. The van der Waals surface area contributed by atoms with Gasteiger partial charge in [-0.05, 0) is 64.9 Å². The molecule has 0 heterocycles. The lowest BCUT2D eigenvalue weighted by Gasteiger charge is -2.12. The fourth-order valence-corrected chi connectivity index (χ4v) is 5.64. The second kappa shape index (κ2) is 11.5. The highest BCUT2D eigenvalue weighted by molar-refractivity contribution is 8.22. The van der Waals surface area contributed by atoms with Crippen LogP contribution >= 0.6 is 46.7 Å². The van der Waals surface area contributed by atoms with Crippen LogP contribution in [0.2, 0.25) is 10.0 Å². The molecule has 4 aromatic carbocycles. The first kappa shape index (κ1) is 24.3. The average molecular weight is 521 g/mol. The largest absolute Gasteiger partial charge is 0.316 e. The number of rotatable bonds is 7. The number of benzene rings is 4. The number of fused-ring (bicyclic) bond motifs is 1. The molecule has 0 unspecified atom stereocenters. The van der Waals surface area contributed by atoms with Crippen molar-refractivity contribution >= 4 is 63.4 Å². The van der Waals surface area contributed by atoms with E-state index < -0.39 is 0 Å². The molecule has 0 atom stereocenters. The Morgan fingerprint density at radius 1 is 0.794 bits per heavy atom. The van der Waals surface area contributed by atoms with Crippen molar-refractivity contribution in [1.29, 1.82) is 5.26 Å². The predicted molar refractivity (Wildman–Crippen MR) is 143 cm³/mol. The van der Waals surface area contributed by atoms with Gasteiger partial charge in [-0.3, -0.25) is 4.79 Å². The van der Waals surface area contributed by atoms with Crippen LogP contribution in [0.25, 0.3) is 10.8 Å². The van der Waals surface area contributed by atoms with Gasteiger partial charge in [0.25, 0.3) is 0 Å². The van der Waals surface area contributed by atoms with E-state index in [-0.39, 0.29) is 18.0 Å². The summed E-state index contributed by atoms with van der Waals surface area (Å²) in [7, 11) is 0. The van der Waals surface area contributed by atoms with E-state index in [0.29, 0.717) is 14.3 Å². The van der Waals surface area contributed by atoms with Gasteiger partial charge in [-0.15, -0.1) is 0 Å². The summed E-state index contributed by atoms with van der Waals surface area (Å²) in [5.74, 6) is -0.251. The summed E-state index contributed by atoms with van der Waals surface area (Å²) in [4.78, 5) is 14.8. The van der Waals surface area contributed by atoms with Gasteiger partial charge in [-0.1, -0.05) is 89.2 Å². The van der Waals surface area contributed by atoms with Gasteiger partial charge in [0, 0.05) is 19.8 Å². The summed E-state index contributed by atoms with van der Waals surface area (Å²) in [5, 5.41) is 16.1. The normalized spacial score (nSPS) is 10.5. The highest BCUT2D eigenvalue weighted by atomic mass is 35.5. The summed E-state index contributed by atoms with van der Waals surface area (Å²) >= 11 is 14.8. The van der Waals surface area contributed by atoms with Gasteiger partial charge in [-0.2, -0.15) is 5.26 Å². The lowest BCUT2D eigenvalue weighted by molar-refractivity contribution is -0.119. The molecule has 4 rings (SSSR count). The van der Waals surface area contributed by atoms with Crippen LogP contribution in [0.3, 0.4) is 0 Å². The van der Waals surface area contributed by atoms with Crippen LogP contribution in [0, 0.1) is 11.3 Å². The zero-order chi connectivity index (χ0) is 23.9. The molecule has 0 aliphatic heterocycles. The van der Waals surface area contributed by atoms with Crippen LogP contribution in [-0.4, -0.2) is 5.91 Å². The van der Waals surface area contributed by atoms with Gasteiger partial charge in [0.2, 0.25) is 5.91 Å². The molecule has 34 heavy (non-hydrogen) atoms. The summed E-state index contributed by atoms with van der Waals surface area (Å²) in [6.07, 6.45) is 0.164. The molecule has 168 valence electrons. The molecule has 0 saturated heterocycles. The minimum atomic E-state index is -0.251. The Kier molecular flexibility index (Phi) is 8.21. The number of nitrogens with one attached hydrogen (secondary N) is 1. The Bertz CT molecular complexity index is 1340. The molecule has 1 amide bonds. The van der Waals surface area contributed by atoms with Crippen LogP contribution in [0.15, 0.2) is 111 Å². The molecule has 0 bridgehead atoms. The number of amides is 1. The fraction of sp³-hybridized carbons (Fsp3) is 0.0370. The smallest absolute Gasteiger partial charge is 0.229 e.